The lowest BCUT2D eigenvalue weighted by atomic mass is 10.1. The van der Waals surface area contributed by atoms with Crippen molar-refractivity contribution in [2.75, 3.05) is 19.7 Å². The first kappa shape index (κ1) is 15.6. The third kappa shape index (κ3) is 3.37. The SMILES string of the molecule is O=C(c1cc(F)ccc1F)N1CCOC(c2ccc(F)cc2)C1. The van der Waals surface area contributed by atoms with E-state index in [2.05, 4.69) is 0 Å². The first-order chi connectivity index (χ1) is 11.0. The molecule has 0 bridgehead atoms. The van der Waals surface area contributed by atoms with E-state index in [1.807, 2.05) is 0 Å². The summed E-state index contributed by atoms with van der Waals surface area (Å²) in [7, 11) is 0. The Kier molecular flexibility index (Phi) is 4.34. The van der Waals surface area contributed by atoms with E-state index >= 15 is 0 Å². The molecule has 0 spiro atoms. The fourth-order valence-corrected chi connectivity index (χ4v) is 2.54. The average Bonchev–Trinajstić information content (AvgIpc) is 2.57. The summed E-state index contributed by atoms with van der Waals surface area (Å²) in [6, 6.07) is 8.57. The summed E-state index contributed by atoms with van der Waals surface area (Å²) in [6.07, 6.45) is -0.426. The summed E-state index contributed by atoms with van der Waals surface area (Å²) in [5, 5.41) is 0. The van der Waals surface area contributed by atoms with Crippen molar-refractivity contribution in [3.8, 4) is 0 Å². The molecule has 0 N–H and O–H groups in total. The Morgan fingerprint density at radius 3 is 2.48 bits per heavy atom. The highest BCUT2D eigenvalue weighted by Crippen LogP contribution is 2.24. The normalized spacial score (nSPS) is 18.0. The highest BCUT2D eigenvalue weighted by molar-refractivity contribution is 5.94. The van der Waals surface area contributed by atoms with E-state index in [1.54, 1.807) is 12.1 Å². The molecule has 6 heteroatoms. The molecule has 1 aliphatic heterocycles. The Morgan fingerprint density at radius 1 is 1.04 bits per heavy atom. The predicted octanol–water partition coefficient (Wildman–Crippen LogP) is 3.32. The van der Waals surface area contributed by atoms with Gasteiger partial charge in [-0.05, 0) is 35.9 Å². The van der Waals surface area contributed by atoms with Gasteiger partial charge >= 0.3 is 0 Å². The highest BCUT2D eigenvalue weighted by Gasteiger charge is 2.27. The van der Waals surface area contributed by atoms with Crippen LogP contribution in [0.15, 0.2) is 42.5 Å². The standard InChI is InChI=1S/C17H14F3NO2/c18-12-3-1-11(2-4-12)16-10-21(7-8-23-16)17(22)14-9-13(19)5-6-15(14)20/h1-6,9,16H,7-8,10H2. The molecule has 1 atom stereocenters. The number of benzene rings is 2. The predicted molar refractivity (Wildman–Crippen MR) is 77.4 cm³/mol. The molecule has 3 nitrogen and oxygen atoms in total. The van der Waals surface area contributed by atoms with Crippen molar-refractivity contribution in [3.05, 3.63) is 71.0 Å². The van der Waals surface area contributed by atoms with Gasteiger partial charge in [-0.25, -0.2) is 13.2 Å². The highest BCUT2D eigenvalue weighted by atomic mass is 19.1. The molecular weight excluding hydrogens is 307 g/mol. The number of hydrogen-bond donors (Lipinski definition) is 0. The molecule has 3 rings (SSSR count). The molecule has 120 valence electrons. The van der Waals surface area contributed by atoms with Gasteiger partial charge in [0.15, 0.2) is 0 Å². The molecule has 0 radical (unpaired) electrons. The van der Waals surface area contributed by atoms with Crippen molar-refractivity contribution in [1.29, 1.82) is 0 Å². The van der Waals surface area contributed by atoms with Gasteiger partial charge < -0.3 is 9.64 Å². The van der Waals surface area contributed by atoms with Crippen molar-refractivity contribution in [1.82, 2.24) is 4.90 Å². The molecule has 1 fully saturated rings. The van der Waals surface area contributed by atoms with Crippen molar-refractivity contribution in [3.63, 3.8) is 0 Å². The summed E-state index contributed by atoms with van der Waals surface area (Å²) >= 11 is 0. The zero-order valence-electron chi connectivity index (χ0n) is 12.1. The van der Waals surface area contributed by atoms with E-state index in [9.17, 15) is 18.0 Å². The molecule has 1 heterocycles. The molecule has 0 aliphatic carbocycles. The molecule has 0 saturated carbocycles. The molecule has 1 aliphatic rings. The largest absolute Gasteiger partial charge is 0.370 e. The van der Waals surface area contributed by atoms with E-state index in [0.29, 0.717) is 0 Å². The molecule has 23 heavy (non-hydrogen) atoms. The lowest BCUT2D eigenvalue weighted by Gasteiger charge is -2.33. The fourth-order valence-electron chi connectivity index (χ4n) is 2.54. The van der Waals surface area contributed by atoms with Crippen LogP contribution in [-0.4, -0.2) is 30.5 Å². The minimum Gasteiger partial charge on any atom is -0.370 e. The Bertz CT molecular complexity index is 718. The Morgan fingerprint density at radius 2 is 1.74 bits per heavy atom. The number of carbonyl (C=O) groups is 1. The number of nitrogens with zero attached hydrogens (tertiary/aromatic N) is 1. The first-order valence-corrected chi connectivity index (χ1v) is 7.16. The van der Waals surface area contributed by atoms with Gasteiger partial charge in [0, 0.05) is 6.54 Å². The number of rotatable bonds is 2. The molecule has 1 unspecified atom stereocenters. The minimum atomic E-state index is -0.763. The number of amides is 1. The number of ether oxygens (including phenoxy) is 1. The molecule has 2 aromatic carbocycles. The summed E-state index contributed by atoms with van der Waals surface area (Å²) in [5.41, 5.74) is 0.424. The maximum Gasteiger partial charge on any atom is 0.257 e. The van der Waals surface area contributed by atoms with Crippen LogP contribution in [0, 0.1) is 17.5 Å². The maximum absolute atomic E-state index is 13.8. The fraction of sp³-hybridized carbons (Fsp3) is 0.235. The minimum absolute atomic E-state index is 0.195. The van der Waals surface area contributed by atoms with E-state index in [-0.39, 0.29) is 31.1 Å². The van der Waals surface area contributed by atoms with E-state index < -0.39 is 23.6 Å². The van der Waals surface area contributed by atoms with Crippen LogP contribution in [0.5, 0.6) is 0 Å². The number of hydrogen-bond acceptors (Lipinski definition) is 2. The molecule has 2 aromatic rings. The van der Waals surface area contributed by atoms with E-state index in [1.165, 1.54) is 17.0 Å². The average molecular weight is 321 g/mol. The van der Waals surface area contributed by atoms with Gasteiger partial charge in [-0.3, -0.25) is 4.79 Å². The monoisotopic (exact) mass is 321 g/mol. The molecule has 1 saturated heterocycles. The third-order valence-corrected chi connectivity index (χ3v) is 3.75. The van der Waals surface area contributed by atoms with Crippen LogP contribution in [0.3, 0.4) is 0 Å². The number of morpholine rings is 1. The zero-order chi connectivity index (χ0) is 16.4. The van der Waals surface area contributed by atoms with Crippen LogP contribution in [0.1, 0.15) is 22.0 Å². The van der Waals surface area contributed by atoms with Crippen LogP contribution < -0.4 is 0 Å². The Labute approximate surface area is 131 Å². The summed E-state index contributed by atoms with van der Waals surface area (Å²) in [4.78, 5) is 13.8. The van der Waals surface area contributed by atoms with Crippen molar-refractivity contribution in [2.45, 2.75) is 6.10 Å². The smallest absolute Gasteiger partial charge is 0.257 e. The van der Waals surface area contributed by atoms with Crippen molar-refractivity contribution >= 4 is 5.91 Å². The van der Waals surface area contributed by atoms with Crippen LogP contribution >= 0.6 is 0 Å². The maximum atomic E-state index is 13.8. The third-order valence-electron chi connectivity index (χ3n) is 3.75. The van der Waals surface area contributed by atoms with Gasteiger partial charge in [0.1, 0.15) is 23.6 Å². The van der Waals surface area contributed by atoms with Crippen molar-refractivity contribution in [2.24, 2.45) is 0 Å². The molecule has 1 amide bonds. The van der Waals surface area contributed by atoms with Crippen LogP contribution in [0.4, 0.5) is 13.2 Å². The van der Waals surface area contributed by atoms with Gasteiger partial charge in [-0.2, -0.15) is 0 Å². The van der Waals surface area contributed by atoms with Crippen LogP contribution in [-0.2, 0) is 4.74 Å². The van der Waals surface area contributed by atoms with Gasteiger partial charge in [0.2, 0.25) is 0 Å². The zero-order valence-corrected chi connectivity index (χ0v) is 12.1. The van der Waals surface area contributed by atoms with Gasteiger partial charge in [0.25, 0.3) is 5.91 Å². The summed E-state index contributed by atoms with van der Waals surface area (Å²) in [6.45, 7) is 0.748. The van der Waals surface area contributed by atoms with Crippen LogP contribution in [0.25, 0.3) is 0 Å². The summed E-state index contributed by atoms with van der Waals surface area (Å²) < 4.78 is 45.6. The second-order valence-corrected chi connectivity index (χ2v) is 5.29. The van der Waals surface area contributed by atoms with E-state index in [0.717, 1.165) is 23.8 Å². The quantitative estimate of drug-likeness (QED) is 0.849. The van der Waals surface area contributed by atoms with Gasteiger partial charge in [-0.1, -0.05) is 12.1 Å². The lowest BCUT2D eigenvalue weighted by Crippen LogP contribution is -2.42. The first-order valence-electron chi connectivity index (χ1n) is 7.16. The second kappa shape index (κ2) is 6.42. The van der Waals surface area contributed by atoms with Crippen molar-refractivity contribution < 1.29 is 22.7 Å². The topological polar surface area (TPSA) is 29.5 Å². The second-order valence-electron chi connectivity index (χ2n) is 5.29. The number of carbonyl (C=O) groups excluding carboxylic acids is 1. The Balaban J connectivity index is 1.79. The molecular formula is C17H14F3NO2. The lowest BCUT2D eigenvalue weighted by molar-refractivity contribution is -0.0230. The number of halogens is 3. The van der Waals surface area contributed by atoms with E-state index in [4.69, 9.17) is 4.74 Å². The van der Waals surface area contributed by atoms with Crippen LogP contribution in [0.2, 0.25) is 0 Å². The molecule has 0 aromatic heterocycles. The Hall–Kier alpha value is -2.34. The summed E-state index contributed by atoms with van der Waals surface area (Å²) in [5.74, 6) is -2.38. The van der Waals surface area contributed by atoms with Gasteiger partial charge in [0.05, 0.1) is 18.7 Å². The van der Waals surface area contributed by atoms with Gasteiger partial charge in [-0.15, -0.1) is 0 Å².